The molecule has 4 rings (SSSR count). The quantitative estimate of drug-likeness (QED) is 0.290. The molecule has 0 aromatic heterocycles. The number of aliphatic carboxylic acids is 1. The Kier molecular flexibility index (Phi) is 7.45. The van der Waals surface area contributed by atoms with Gasteiger partial charge in [0.25, 0.3) is 0 Å². The Hall–Kier alpha value is -4.25. The van der Waals surface area contributed by atoms with Crippen LogP contribution >= 0.6 is 0 Å². The zero-order valence-corrected chi connectivity index (χ0v) is 18.9. The van der Waals surface area contributed by atoms with Gasteiger partial charge in [-0.3, -0.25) is 4.79 Å². The molecule has 0 aliphatic heterocycles. The highest BCUT2D eigenvalue weighted by Crippen LogP contribution is 2.31. The Morgan fingerprint density at radius 3 is 2.18 bits per heavy atom. The van der Waals surface area contributed by atoms with Crippen molar-refractivity contribution in [2.24, 2.45) is 0 Å². The lowest BCUT2D eigenvalue weighted by Gasteiger charge is -2.17. The van der Waals surface area contributed by atoms with Crippen molar-refractivity contribution >= 4 is 5.97 Å². The van der Waals surface area contributed by atoms with Gasteiger partial charge in [-0.05, 0) is 65.2 Å². The van der Waals surface area contributed by atoms with E-state index < -0.39 is 5.97 Å². The lowest BCUT2D eigenvalue weighted by Crippen LogP contribution is -2.08. The van der Waals surface area contributed by atoms with Gasteiger partial charge in [-0.1, -0.05) is 54.6 Å². The molecule has 0 aliphatic carbocycles. The van der Waals surface area contributed by atoms with Crippen molar-refractivity contribution < 1.29 is 24.1 Å². The second-order valence-corrected chi connectivity index (χ2v) is 7.85. The van der Waals surface area contributed by atoms with Crippen molar-refractivity contribution in [1.82, 2.24) is 0 Å². The molecule has 0 spiro atoms. The van der Waals surface area contributed by atoms with Crippen molar-refractivity contribution in [1.29, 1.82) is 0 Å². The average molecular weight is 455 g/mol. The summed E-state index contributed by atoms with van der Waals surface area (Å²) in [5, 5.41) is 9.45. The van der Waals surface area contributed by atoms with E-state index in [1.54, 1.807) is 7.11 Å². The summed E-state index contributed by atoms with van der Waals surface area (Å²) >= 11 is 0. The standard InChI is InChI=1S/C29H26O5/c1-32-26-11-6-8-23(18-26)28(19-29(30)31)22-13-15-24(16-14-22)33-20-21-7-5-12-27(17-21)34-25-9-3-2-4-10-25/h2-18,28H,19-20H2,1H3,(H,30,31). The number of hydrogen-bond acceptors (Lipinski definition) is 4. The molecule has 0 saturated carbocycles. The van der Waals surface area contributed by atoms with E-state index in [9.17, 15) is 9.90 Å². The van der Waals surface area contributed by atoms with Gasteiger partial charge in [-0.2, -0.15) is 0 Å². The molecule has 0 fully saturated rings. The smallest absolute Gasteiger partial charge is 0.304 e. The van der Waals surface area contributed by atoms with E-state index in [0.29, 0.717) is 18.1 Å². The van der Waals surface area contributed by atoms with Crippen LogP contribution in [-0.2, 0) is 11.4 Å². The van der Waals surface area contributed by atoms with Crippen LogP contribution in [0.1, 0.15) is 29.0 Å². The minimum Gasteiger partial charge on any atom is -0.497 e. The Bertz CT molecular complexity index is 1220. The lowest BCUT2D eigenvalue weighted by molar-refractivity contribution is -0.137. The maximum atomic E-state index is 11.5. The first-order valence-corrected chi connectivity index (χ1v) is 11.0. The Balaban J connectivity index is 1.43. The summed E-state index contributed by atoms with van der Waals surface area (Å²) in [7, 11) is 1.60. The van der Waals surface area contributed by atoms with Crippen molar-refractivity contribution in [3.63, 3.8) is 0 Å². The van der Waals surface area contributed by atoms with Crippen LogP contribution in [-0.4, -0.2) is 18.2 Å². The van der Waals surface area contributed by atoms with Gasteiger partial charge in [-0.25, -0.2) is 0 Å². The largest absolute Gasteiger partial charge is 0.497 e. The molecular formula is C29H26O5. The first-order valence-electron chi connectivity index (χ1n) is 11.0. The van der Waals surface area contributed by atoms with Crippen molar-refractivity contribution in [2.75, 3.05) is 7.11 Å². The van der Waals surface area contributed by atoms with E-state index in [0.717, 1.165) is 28.2 Å². The fourth-order valence-electron chi connectivity index (χ4n) is 3.75. The second kappa shape index (κ2) is 11.1. The summed E-state index contributed by atoms with van der Waals surface area (Å²) in [5.74, 6) is 1.80. The summed E-state index contributed by atoms with van der Waals surface area (Å²) in [6, 6.07) is 32.5. The van der Waals surface area contributed by atoms with E-state index in [4.69, 9.17) is 14.2 Å². The molecule has 0 saturated heterocycles. The van der Waals surface area contributed by atoms with Gasteiger partial charge in [0.05, 0.1) is 13.5 Å². The molecular weight excluding hydrogens is 428 g/mol. The summed E-state index contributed by atoms with van der Waals surface area (Å²) < 4.78 is 17.2. The minimum absolute atomic E-state index is 0.0123. The fourth-order valence-corrected chi connectivity index (χ4v) is 3.75. The first-order chi connectivity index (χ1) is 16.6. The SMILES string of the molecule is COc1cccc(C(CC(=O)O)c2ccc(OCc3cccc(Oc4ccccc4)c3)cc2)c1. The number of carboxylic acids is 1. The molecule has 0 radical (unpaired) electrons. The minimum atomic E-state index is -0.856. The van der Waals surface area contributed by atoms with Crippen molar-refractivity contribution in [3.8, 4) is 23.0 Å². The molecule has 4 aromatic rings. The molecule has 0 bridgehead atoms. The summed E-state index contributed by atoms with van der Waals surface area (Å²) in [6.45, 7) is 0.389. The Labute approximate surface area is 199 Å². The number of methoxy groups -OCH3 is 1. The zero-order chi connectivity index (χ0) is 23.8. The molecule has 1 N–H and O–H groups in total. The highest BCUT2D eigenvalue weighted by molar-refractivity contribution is 5.69. The monoisotopic (exact) mass is 454 g/mol. The van der Waals surface area contributed by atoms with Gasteiger partial charge in [0.1, 0.15) is 29.6 Å². The summed E-state index contributed by atoms with van der Waals surface area (Å²) in [5.41, 5.74) is 2.78. The molecule has 172 valence electrons. The van der Waals surface area contributed by atoms with Gasteiger partial charge in [-0.15, -0.1) is 0 Å². The van der Waals surface area contributed by atoms with Crippen LogP contribution in [0.25, 0.3) is 0 Å². The number of rotatable bonds is 10. The normalized spacial score (nSPS) is 11.4. The first kappa shape index (κ1) is 22.9. The maximum absolute atomic E-state index is 11.5. The zero-order valence-electron chi connectivity index (χ0n) is 18.9. The third-order valence-corrected chi connectivity index (χ3v) is 5.44. The topological polar surface area (TPSA) is 65.0 Å². The van der Waals surface area contributed by atoms with Crippen LogP contribution < -0.4 is 14.2 Å². The molecule has 34 heavy (non-hydrogen) atoms. The number of para-hydroxylation sites is 1. The highest BCUT2D eigenvalue weighted by Gasteiger charge is 2.18. The van der Waals surface area contributed by atoms with Crippen LogP contribution in [0.4, 0.5) is 0 Å². The van der Waals surface area contributed by atoms with Crippen LogP contribution in [0.2, 0.25) is 0 Å². The van der Waals surface area contributed by atoms with E-state index in [1.807, 2.05) is 103 Å². The number of carboxylic acid groups (broad SMARTS) is 1. The third-order valence-electron chi connectivity index (χ3n) is 5.44. The summed E-state index contributed by atoms with van der Waals surface area (Å²) in [4.78, 5) is 11.5. The van der Waals surface area contributed by atoms with E-state index >= 15 is 0 Å². The number of hydrogen-bond donors (Lipinski definition) is 1. The highest BCUT2D eigenvalue weighted by atomic mass is 16.5. The van der Waals surface area contributed by atoms with Crippen LogP contribution in [0.5, 0.6) is 23.0 Å². The van der Waals surface area contributed by atoms with Crippen LogP contribution in [0.15, 0.2) is 103 Å². The number of ether oxygens (including phenoxy) is 3. The number of benzene rings is 4. The van der Waals surface area contributed by atoms with E-state index in [2.05, 4.69) is 0 Å². The average Bonchev–Trinajstić information content (AvgIpc) is 2.87. The van der Waals surface area contributed by atoms with Crippen LogP contribution in [0.3, 0.4) is 0 Å². The van der Waals surface area contributed by atoms with Gasteiger partial charge in [0.15, 0.2) is 0 Å². The van der Waals surface area contributed by atoms with Gasteiger partial charge in [0, 0.05) is 5.92 Å². The van der Waals surface area contributed by atoms with Gasteiger partial charge < -0.3 is 19.3 Å². The molecule has 0 heterocycles. The van der Waals surface area contributed by atoms with E-state index in [-0.39, 0.29) is 12.3 Å². The molecule has 4 aromatic carbocycles. The molecule has 0 aliphatic rings. The lowest BCUT2D eigenvalue weighted by atomic mass is 9.88. The number of carbonyl (C=O) groups is 1. The van der Waals surface area contributed by atoms with Crippen LogP contribution in [0, 0.1) is 0 Å². The predicted molar refractivity (Wildman–Crippen MR) is 131 cm³/mol. The summed E-state index contributed by atoms with van der Waals surface area (Å²) in [6.07, 6.45) is -0.0123. The Morgan fingerprint density at radius 2 is 1.44 bits per heavy atom. The van der Waals surface area contributed by atoms with Crippen molar-refractivity contribution in [2.45, 2.75) is 18.9 Å². The van der Waals surface area contributed by atoms with Crippen molar-refractivity contribution in [3.05, 3.63) is 120 Å². The van der Waals surface area contributed by atoms with Gasteiger partial charge >= 0.3 is 5.97 Å². The second-order valence-electron chi connectivity index (χ2n) is 7.85. The van der Waals surface area contributed by atoms with E-state index in [1.165, 1.54) is 0 Å². The maximum Gasteiger partial charge on any atom is 0.304 e. The third kappa shape index (κ3) is 6.17. The predicted octanol–water partition coefficient (Wildman–Crippen LogP) is 6.67. The molecule has 5 heteroatoms. The molecule has 0 amide bonds. The molecule has 5 nitrogen and oxygen atoms in total. The molecule has 1 unspecified atom stereocenters. The fraction of sp³-hybridized carbons (Fsp3) is 0.138. The van der Waals surface area contributed by atoms with Gasteiger partial charge in [0.2, 0.25) is 0 Å². The Morgan fingerprint density at radius 1 is 0.735 bits per heavy atom. The molecule has 1 atom stereocenters.